The highest BCUT2D eigenvalue weighted by atomic mass is 32.2. The molecule has 0 amide bonds. The predicted octanol–water partition coefficient (Wildman–Crippen LogP) is 2.93. The van der Waals surface area contributed by atoms with Crippen LogP contribution in [0.25, 0.3) is 0 Å². The number of aromatic nitrogens is 2. The highest BCUT2D eigenvalue weighted by Crippen LogP contribution is 2.36. The number of anilines is 1. The molecule has 0 radical (unpaired) electrons. The lowest BCUT2D eigenvalue weighted by atomic mass is 9.95. The molecule has 0 spiro atoms. The molecule has 0 unspecified atom stereocenters. The van der Waals surface area contributed by atoms with E-state index < -0.39 is 0 Å². The molecular formula is C13H21N3OS. The first-order valence-electron chi connectivity index (χ1n) is 6.41. The highest BCUT2D eigenvalue weighted by molar-refractivity contribution is 7.98. The van der Waals surface area contributed by atoms with Gasteiger partial charge in [0.1, 0.15) is 11.4 Å². The van der Waals surface area contributed by atoms with Crippen molar-refractivity contribution in [1.29, 1.82) is 0 Å². The minimum absolute atomic E-state index is 0.353. The van der Waals surface area contributed by atoms with Crippen LogP contribution in [-0.4, -0.2) is 24.1 Å². The summed E-state index contributed by atoms with van der Waals surface area (Å²) >= 11 is 1.89. The summed E-state index contributed by atoms with van der Waals surface area (Å²) in [6, 6.07) is 0. The number of ether oxygens (including phenoxy) is 1. The van der Waals surface area contributed by atoms with E-state index in [2.05, 4.69) is 24.1 Å². The van der Waals surface area contributed by atoms with Gasteiger partial charge in [-0.3, -0.25) is 0 Å². The number of hydrogen-bond donors (Lipinski definition) is 1. The molecule has 0 saturated heterocycles. The van der Waals surface area contributed by atoms with Gasteiger partial charge in [-0.2, -0.15) is 11.8 Å². The molecule has 1 N–H and O–H groups in total. The van der Waals surface area contributed by atoms with Gasteiger partial charge < -0.3 is 10.1 Å². The van der Waals surface area contributed by atoms with Gasteiger partial charge in [0.2, 0.25) is 0 Å². The number of rotatable bonds is 5. The Labute approximate surface area is 113 Å². The Bertz CT molecular complexity index is 424. The molecule has 2 rings (SSSR count). The van der Waals surface area contributed by atoms with Gasteiger partial charge >= 0.3 is 0 Å². The van der Waals surface area contributed by atoms with Crippen LogP contribution in [0.5, 0.6) is 0 Å². The topological polar surface area (TPSA) is 47.0 Å². The van der Waals surface area contributed by atoms with E-state index in [-0.39, 0.29) is 5.60 Å². The minimum atomic E-state index is -0.353. The van der Waals surface area contributed by atoms with Gasteiger partial charge in [0.15, 0.2) is 5.82 Å². The van der Waals surface area contributed by atoms with Crippen LogP contribution in [-0.2, 0) is 21.8 Å². The fraction of sp³-hybridized carbons (Fsp3) is 0.692. The average Bonchev–Trinajstić information content (AvgIpc) is 2.89. The predicted molar refractivity (Wildman–Crippen MR) is 75.8 cm³/mol. The van der Waals surface area contributed by atoms with Crippen LogP contribution >= 0.6 is 11.8 Å². The summed E-state index contributed by atoms with van der Waals surface area (Å²) in [4.78, 5) is 9.44. The maximum absolute atomic E-state index is 5.72. The Hall–Kier alpha value is -0.810. The first-order chi connectivity index (χ1) is 8.70. The van der Waals surface area contributed by atoms with Crippen molar-refractivity contribution >= 4 is 17.6 Å². The molecule has 18 heavy (non-hydrogen) atoms. The maximum Gasteiger partial charge on any atom is 0.162 e. The fourth-order valence-corrected chi connectivity index (χ4v) is 3.45. The Kier molecular flexibility index (Phi) is 4.12. The van der Waals surface area contributed by atoms with Crippen molar-refractivity contribution in [3.05, 3.63) is 17.1 Å². The Balaban J connectivity index is 2.51. The lowest BCUT2D eigenvalue weighted by Crippen LogP contribution is -2.30. The maximum atomic E-state index is 5.72. The third kappa shape index (κ3) is 2.10. The molecule has 0 fully saturated rings. The van der Waals surface area contributed by atoms with Crippen LogP contribution in [0.2, 0.25) is 0 Å². The van der Waals surface area contributed by atoms with Crippen LogP contribution in [0.1, 0.15) is 43.8 Å². The van der Waals surface area contributed by atoms with E-state index in [4.69, 9.17) is 9.72 Å². The van der Waals surface area contributed by atoms with E-state index in [0.717, 1.165) is 41.7 Å². The smallest absolute Gasteiger partial charge is 0.162 e. The molecule has 2 heterocycles. The lowest BCUT2D eigenvalue weighted by Gasteiger charge is -2.29. The molecule has 1 aromatic heterocycles. The summed E-state index contributed by atoms with van der Waals surface area (Å²) in [6.45, 7) is 4.24. The van der Waals surface area contributed by atoms with E-state index in [9.17, 15) is 0 Å². The normalized spacial score (nSPS) is 14.7. The van der Waals surface area contributed by atoms with Gasteiger partial charge in [0.05, 0.1) is 5.69 Å². The Morgan fingerprint density at radius 1 is 1.28 bits per heavy atom. The number of thioether (sulfide) groups is 1. The molecule has 1 aromatic rings. The standard InChI is InChI=1S/C13H21N3OS/c1-5-13(6-2,17-4)12-15-10-8-18-7-9(10)11(14-3)16-12/h5-8H2,1-4H3,(H,14,15,16). The Morgan fingerprint density at radius 2 is 2.00 bits per heavy atom. The van der Waals surface area contributed by atoms with Crippen molar-refractivity contribution in [3.8, 4) is 0 Å². The van der Waals surface area contributed by atoms with Crippen LogP contribution < -0.4 is 5.32 Å². The monoisotopic (exact) mass is 267 g/mol. The van der Waals surface area contributed by atoms with E-state index in [0.29, 0.717) is 0 Å². The largest absolute Gasteiger partial charge is 0.373 e. The van der Waals surface area contributed by atoms with Crippen molar-refractivity contribution < 1.29 is 4.74 Å². The molecule has 4 nitrogen and oxygen atoms in total. The minimum Gasteiger partial charge on any atom is -0.373 e. The number of hydrogen-bond acceptors (Lipinski definition) is 5. The van der Waals surface area contributed by atoms with Crippen molar-refractivity contribution in [2.75, 3.05) is 19.5 Å². The van der Waals surface area contributed by atoms with Crippen molar-refractivity contribution in [2.24, 2.45) is 0 Å². The van der Waals surface area contributed by atoms with Gasteiger partial charge in [-0.1, -0.05) is 13.8 Å². The zero-order chi connectivity index (χ0) is 13.2. The zero-order valence-electron chi connectivity index (χ0n) is 11.5. The van der Waals surface area contributed by atoms with Crippen LogP contribution in [0.4, 0.5) is 5.82 Å². The first-order valence-corrected chi connectivity index (χ1v) is 7.57. The highest BCUT2D eigenvalue weighted by Gasteiger charge is 2.33. The van der Waals surface area contributed by atoms with E-state index in [1.54, 1.807) is 7.11 Å². The van der Waals surface area contributed by atoms with Crippen molar-refractivity contribution in [2.45, 2.75) is 43.8 Å². The van der Waals surface area contributed by atoms with Crippen LogP contribution in [0, 0.1) is 0 Å². The SMILES string of the molecule is CCC(CC)(OC)c1nc2c(c(NC)n1)CSC2. The number of methoxy groups -OCH3 is 1. The molecule has 1 aliphatic rings. The summed E-state index contributed by atoms with van der Waals surface area (Å²) < 4.78 is 5.72. The van der Waals surface area contributed by atoms with Crippen LogP contribution in [0.3, 0.4) is 0 Å². The third-order valence-corrected chi connectivity index (χ3v) is 4.73. The second-order valence-corrected chi connectivity index (χ2v) is 5.45. The summed E-state index contributed by atoms with van der Waals surface area (Å²) in [7, 11) is 3.67. The Morgan fingerprint density at radius 3 is 2.56 bits per heavy atom. The zero-order valence-corrected chi connectivity index (χ0v) is 12.4. The molecule has 0 atom stereocenters. The van der Waals surface area contributed by atoms with Gasteiger partial charge in [-0.05, 0) is 12.8 Å². The van der Waals surface area contributed by atoms with Gasteiger partial charge in [-0.15, -0.1) is 0 Å². The average molecular weight is 267 g/mol. The lowest BCUT2D eigenvalue weighted by molar-refractivity contribution is -0.0291. The molecule has 0 saturated carbocycles. The molecule has 100 valence electrons. The molecule has 1 aliphatic heterocycles. The summed E-state index contributed by atoms with van der Waals surface area (Å²) in [5, 5.41) is 3.19. The second-order valence-electron chi connectivity index (χ2n) is 4.47. The number of fused-ring (bicyclic) bond motifs is 1. The third-order valence-electron chi connectivity index (χ3n) is 3.76. The summed E-state index contributed by atoms with van der Waals surface area (Å²) in [5.74, 6) is 3.76. The summed E-state index contributed by atoms with van der Waals surface area (Å²) in [6.07, 6.45) is 1.77. The fourth-order valence-electron chi connectivity index (χ4n) is 2.41. The summed E-state index contributed by atoms with van der Waals surface area (Å²) in [5.41, 5.74) is 2.06. The van der Waals surface area contributed by atoms with E-state index >= 15 is 0 Å². The van der Waals surface area contributed by atoms with E-state index in [1.165, 1.54) is 5.56 Å². The van der Waals surface area contributed by atoms with Crippen LogP contribution in [0.15, 0.2) is 0 Å². The molecular weight excluding hydrogens is 246 g/mol. The first kappa shape index (κ1) is 13.6. The molecule has 0 aliphatic carbocycles. The number of nitrogens with zero attached hydrogens (tertiary/aromatic N) is 2. The van der Waals surface area contributed by atoms with Crippen molar-refractivity contribution in [3.63, 3.8) is 0 Å². The van der Waals surface area contributed by atoms with Gasteiger partial charge in [0, 0.05) is 31.2 Å². The second kappa shape index (κ2) is 5.45. The quantitative estimate of drug-likeness (QED) is 0.889. The van der Waals surface area contributed by atoms with Gasteiger partial charge in [0.25, 0.3) is 0 Å². The molecule has 5 heteroatoms. The van der Waals surface area contributed by atoms with E-state index in [1.807, 2.05) is 18.8 Å². The van der Waals surface area contributed by atoms with Gasteiger partial charge in [-0.25, -0.2) is 9.97 Å². The number of nitrogens with one attached hydrogen (secondary N) is 1. The molecule has 0 bridgehead atoms. The van der Waals surface area contributed by atoms with Crippen molar-refractivity contribution in [1.82, 2.24) is 9.97 Å². The molecule has 0 aromatic carbocycles.